The van der Waals surface area contributed by atoms with Crippen LogP contribution in [0.2, 0.25) is 0 Å². The molecule has 1 aromatic carbocycles. The maximum atomic E-state index is 12.3. The zero-order valence-electron chi connectivity index (χ0n) is 12.1. The van der Waals surface area contributed by atoms with Crippen LogP contribution in [0.4, 0.5) is 0 Å². The van der Waals surface area contributed by atoms with Crippen LogP contribution in [0, 0.1) is 0 Å². The van der Waals surface area contributed by atoms with Gasteiger partial charge >= 0.3 is 0 Å². The third-order valence-corrected chi connectivity index (χ3v) is 2.64. The van der Waals surface area contributed by atoms with Crippen molar-refractivity contribution < 1.29 is 19.1 Å². The average molecular weight is 301 g/mol. The van der Waals surface area contributed by atoms with Crippen molar-refractivity contribution in [2.45, 2.75) is 0 Å². The summed E-state index contributed by atoms with van der Waals surface area (Å²) in [5.74, 6) is 0.553. The summed E-state index contributed by atoms with van der Waals surface area (Å²) in [5, 5.41) is 5.89. The Morgan fingerprint density at radius 2 is 2.00 bits per heavy atom. The molecule has 7 nitrogen and oxygen atoms in total. The fourth-order valence-corrected chi connectivity index (χ4v) is 1.69. The Labute approximate surface area is 127 Å². The summed E-state index contributed by atoms with van der Waals surface area (Å²) in [6.07, 6.45) is 2.62. The molecule has 0 aliphatic heterocycles. The van der Waals surface area contributed by atoms with Crippen LogP contribution < -0.4 is 14.8 Å². The van der Waals surface area contributed by atoms with Crippen LogP contribution in [-0.2, 0) is 4.84 Å². The Bertz CT molecular complexity index is 659. The summed E-state index contributed by atoms with van der Waals surface area (Å²) in [7, 11) is 2.83. The number of carbonyl (C=O) groups excluding carboxylic acids is 1. The molecular formula is C15H15N3O4. The molecule has 2 rings (SSSR count). The number of aromatic nitrogens is 1. The van der Waals surface area contributed by atoms with Crippen molar-refractivity contribution in [3.8, 4) is 17.4 Å². The van der Waals surface area contributed by atoms with E-state index >= 15 is 0 Å². The van der Waals surface area contributed by atoms with Crippen LogP contribution in [0.15, 0.2) is 47.8 Å². The van der Waals surface area contributed by atoms with Crippen LogP contribution >= 0.6 is 0 Å². The molecule has 7 heteroatoms. The molecule has 1 N–H and O–H groups in total. The molecule has 1 aromatic heterocycles. The van der Waals surface area contributed by atoms with E-state index in [0.29, 0.717) is 11.5 Å². The number of pyridine rings is 1. The van der Waals surface area contributed by atoms with Gasteiger partial charge in [-0.3, -0.25) is 4.79 Å². The lowest BCUT2D eigenvalue weighted by atomic mass is 10.2. The van der Waals surface area contributed by atoms with E-state index in [9.17, 15) is 4.79 Å². The smallest absolute Gasteiger partial charge is 0.265 e. The highest BCUT2D eigenvalue weighted by atomic mass is 16.6. The molecule has 0 aliphatic carbocycles. The van der Waals surface area contributed by atoms with Gasteiger partial charge in [0, 0.05) is 6.20 Å². The first-order valence-electron chi connectivity index (χ1n) is 6.38. The van der Waals surface area contributed by atoms with E-state index in [0.717, 1.165) is 6.34 Å². The lowest BCUT2D eigenvalue weighted by Gasteiger charge is -2.12. The number of hydrogen-bond acceptors (Lipinski definition) is 6. The minimum Gasteiger partial charge on any atom is -0.496 e. The van der Waals surface area contributed by atoms with Crippen molar-refractivity contribution in [2.75, 3.05) is 14.2 Å². The van der Waals surface area contributed by atoms with Crippen LogP contribution in [0.25, 0.3) is 0 Å². The first-order chi connectivity index (χ1) is 10.8. The molecule has 0 saturated heterocycles. The molecule has 0 aliphatic rings. The van der Waals surface area contributed by atoms with E-state index in [1.165, 1.54) is 20.4 Å². The largest absolute Gasteiger partial charge is 0.496 e. The summed E-state index contributed by atoms with van der Waals surface area (Å²) < 4.78 is 10.8. The predicted molar refractivity (Wildman–Crippen MR) is 80.3 cm³/mol. The normalized spacial score (nSPS) is 10.3. The molecule has 114 valence electrons. The molecule has 0 bridgehead atoms. The first-order valence-corrected chi connectivity index (χ1v) is 6.38. The number of carbonyl (C=O) groups is 1. The fraction of sp³-hybridized carbons (Fsp3) is 0.133. The van der Waals surface area contributed by atoms with Crippen LogP contribution in [0.5, 0.6) is 17.4 Å². The van der Waals surface area contributed by atoms with E-state index < -0.39 is 5.91 Å². The number of benzene rings is 1. The Morgan fingerprint density at radius 1 is 1.23 bits per heavy atom. The van der Waals surface area contributed by atoms with E-state index in [1.807, 2.05) is 18.2 Å². The summed E-state index contributed by atoms with van der Waals surface area (Å²) >= 11 is 0. The Balaban J connectivity index is 2.33. The van der Waals surface area contributed by atoms with Crippen LogP contribution in [0.3, 0.4) is 0 Å². The minimum absolute atomic E-state index is 0.133. The van der Waals surface area contributed by atoms with Gasteiger partial charge in [0.15, 0.2) is 0 Å². The van der Waals surface area contributed by atoms with Crippen LogP contribution in [0.1, 0.15) is 10.4 Å². The summed E-state index contributed by atoms with van der Waals surface area (Å²) in [4.78, 5) is 20.8. The second kappa shape index (κ2) is 7.63. The predicted octanol–water partition coefficient (Wildman–Crippen LogP) is 2.20. The molecule has 0 unspecified atom stereocenters. The van der Waals surface area contributed by atoms with Gasteiger partial charge in [-0.15, -0.1) is 0 Å². The number of oxime groups is 1. The highest BCUT2D eigenvalue weighted by Gasteiger charge is 2.20. The van der Waals surface area contributed by atoms with Crippen molar-refractivity contribution in [1.29, 1.82) is 0 Å². The molecule has 1 heterocycles. The topological polar surface area (TPSA) is 82.0 Å². The number of rotatable bonds is 6. The highest BCUT2D eigenvalue weighted by Crippen LogP contribution is 2.29. The second-order valence-corrected chi connectivity index (χ2v) is 4.00. The highest BCUT2D eigenvalue weighted by molar-refractivity contribution is 6.04. The molecule has 0 fully saturated rings. The van der Waals surface area contributed by atoms with Crippen molar-refractivity contribution >= 4 is 12.2 Å². The maximum Gasteiger partial charge on any atom is 0.265 e. The van der Waals surface area contributed by atoms with Crippen molar-refractivity contribution in [2.24, 2.45) is 5.16 Å². The van der Waals surface area contributed by atoms with Gasteiger partial charge in [-0.1, -0.05) is 23.4 Å². The number of amides is 1. The van der Waals surface area contributed by atoms with E-state index in [2.05, 4.69) is 20.3 Å². The van der Waals surface area contributed by atoms with Crippen molar-refractivity contribution in [3.63, 3.8) is 0 Å². The molecule has 0 spiro atoms. The Kier molecular flexibility index (Phi) is 5.31. The summed E-state index contributed by atoms with van der Waals surface area (Å²) in [6, 6.07) is 10.6. The van der Waals surface area contributed by atoms with Crippen molar-refractivity contribution in [3.05, 3.63) is 48.2 Å². The number of hydrogen-bond donors (Lipinski definition) is 1. The van der Waals surface area contributed by atoms with Gasteiger partial charge in [-0.2, -0.15) is 0 Å². The van der Waals surface area contributed by atoms with Gasteiger partial charge < -0.3 is 19.6 Å². The third-order valence-electron chi connectivity index (χ3n) is 2.64. The quantitative estimate of drug-likeness (QED) is 0.502. The molecule has 0 atom stereocenters. The standard InChI is InChI=1S/C15H15N3O4/c1-20-12-8-9-16-15(22-11-6-4-3-5-7-11)13(12)14(19)17-10-18-21-2/h3-10H,1-2H3,(H,17,18,19). The zero-order valence-corrected chi connectivity index (χ0v) is 12.1. The van der Waals surface area contributed by atoms with E-state index in [1.54, 1.807) is 18.2 Å². The van der Waals surface area contributed by atoms with Crippen molar-refractivity contribution in [1.82, 2.24) is 10.3 Å². The Morgan fingerprint density at radius 3 is 2.68 bits per heavy atom. The van der Waals surface area contributed by atoms with Gasteiger partial charge in [-0.05, 0) is 18.2 Å². The maximum absolute atomic E-state index is 12.3. The fourth-order valence-electron chi connectivity index (χ4n) is 1.69. The molecular weight excluding hydrogens is 286 g/mol. The number of nitrogens with one attached hydrogen (secondary N) is 1. The monoisotopic (exact) mass is 301 g/mol. The number of para-hydroxylation sites is 1. The summed E-state index contributed by atoms with van der Waals surface area (Å²) in [5.41, 5.74) is 0.163. The molecule has 1 amide bonds. The lowest BCUT2D eigenvalue weighted by molar-refractivity contribution is 0.0970. The third kappa shape index (κ3) is 3.72. The number of nitrogens with zero attached hydrogens (tertiary/aromatic N) is 2. The molecule has 2 aromatic rings. The van der Waals surface area contributed by atoms with Gasteiger partial charge in [-0.25, -0.2) is 4.98 Å². The van der Waals surface area contributed by atoms with E-state index in [4.69, 9.17) is 9.47 Å². The summed E-state index contributed by atoms with van der Waals surface area (Å²) in [6.45, 7) is 0. The lowest BCUT2D eigenvalue weighted by Crippen LogP contribution is -2.23. The SMILES string of the molecule is CO/N=C/NC(=O)c1c(OC)ccnc1Oc1ccccc1. The van der Waals surface area contributed by atoms with Gasteiger partial charge in [0.1, 0.15) is 30.5 Å². The molecule has 0 radical (unpaired) electrons. The van der Waals surface area contributed by atoms with E-state index in [-0.39, 0.29) is 11.4 Å². The number of ether oxygens (including phenoxy) is 2. The Hall–Kier alpha value is -3.09. The van der Waals surface area contributed by atoms with Crippen LogP contribution in [-0.4, -0.2) is 31.4 Å². The first kappa shape index (κ1) is 15.3. The van der Waals surface area contributed by atoms with Gasteiger partial charge in [0.2, 0.25) is 5.88 Å². The zero-order chi connectivity index (χ0) is 15.8. The van der Waals surface area contributed by atoms with Gasteiger partial charge in [0.25, 0.3) is 5.91 Å². The number of methoxy groups -OCH3 is 1. The molecule has 22 heavy (non-hydrogen) atoms. The average Bonchev–Trinajstić information content (AvgIpc) is 2.55. The second-order valence-electron chi connectivity index (χ2n) is 4.00. The minimum atomic E-state index is -0.475. The molecule has 0 saturated carbocycles. The van der Waals surface area contributed by atoms with Gasteiger partial charge in [0.05, 0.1) is 7.11 Å².